The summed E-state index contributed by atoms with van der Waals surface area (Å²) >= 11 is 0. The Kier molecular flexibility index (Phi) is 2.84. The molecule has 3 nitrogen and oxygen atoms in total. The Balaban J connectivity index is 2.23. The van der Waals surface area contributed by atoms with E-state index >= 15 is 0 Å². The zero-order chi connectivity index (χ0) is 10.8. The van der Waals surface area contributed by atoms with Crippen molar-refractivity contribution in [2.24, 2.45) is 5.92 Å². The Morgan fingerprint density at radius 1 is 1.53 bits per heavy atom. The summed E-state index contributed by atoms with van der Waals surface area (Å²) in [6.45, 7) is 5.35. The minimum atomic E-state index is -0.498. The molecule has 0 bridgehead atoms. The van der Waals surface area contributed by atoms with Gasteiger partial charge in [-0.1, -0.05) is 13.8 Å². The molecule has 0 spiro atoms. The molecular formula is C11H16FN3. The van der Waals surface area contributed by atoms with Crippen molar-refractivity contribution in [1.82, 2.24) is 9.97 Å². The molecule has 0 amide bonds. The van der Waals surface area contributed by atoms with Gasteiger partial charge in [0, 0.05) is 12.6 Å². The van der Waals surface area contributed by atoms with Crippen LogP contribution < -0.4 is 4.90 Å². The van der Waals surface area contributed by atoms with Gasteiger partial charge in [0.1, 0.15) is 0 Å². The first-order valence-corrected chi connectivity index (χ1v) is 5.46. The standard InChI is InChI=1S/C11H16FN3/c1-3-9-8(2)4-5-15(9)11-7-13-6-10(12)14-11/h6-9H,3-5H2,1-2H3. The molecule has 1 aromatic rings. The summed E-state index contributed by atoms with van der Waals surface area (Å²) in [5.74, 6) is 0.827. The number of hydrogen-bond donors (Lipinski definition) is 0. The van der Waals surface area contributed by atoms with E-state index in [0.717, 1.165) is 25.6 Å². The van der Waals surface area contributed by atoms with E-state index in [4.69, 9.17) is 0 Å². The third kappa shape index (κ3) is 1.94. The van der Waals surface area contributed by atoms with E-state index in [1.165, 1.54) is 0 Å². The quantitative estimate of drug-likeness (QED) is 0.748. The first-order valence-electron chi connectivity index (χ1n) is 5.46. The molecule has 2 heterocycles. The van der Waals surface area contributed by atoms with E-state index in [2.05, 4.69) is 28.7 Å². The summed E-state index contributed by atoms with van der Waals surface area (Å²) in [4.78, 5) is 9.90. The number of halogens is 1. The van der Waals surface area contributed by atoms with Gasteiger partial charge >= 0.3 is 0 Å². The maximum Gasteiger partial charge on any atom is 0.233 e. The van der Waals surface area contributed by atoms with E-state index in [1.54, 1.807) is 6.20 Å². The van der Waals surface area contributed by atoms with Crippen LogP contribution in [0.4, 0.5) is 10.2 Å². The first kappa shape index (κ1) is 10.3. The van der Waals surface area contributed by atoms with E-state index in [-0.39, 0.29) is 0 Å². The Morgan fingerprint density at radius 3 is 3.00 bits per heavy atom. The van der Waals surface area contributed by atoms with Crippen molar-refractivity contribution in [1.29, 1.82) is 0 Å². The highest BCUT2D eigenvalue weighted by Crippen LogP contribution is 2.29. The largest absolute Gasteiger partial charge is 0.352 e. The maximum absolute atomic E-state index is 12.9. The van der Waals surface area contributed by atoms with Gasteiger partial charge in [-0.15, -0.1) is 0 Å². The van der Waals surface area contributed by atoms with Crippen LogP contribution in [-0.4, -0.2) is 22.6 Å². The normalized spacial score (nSPS) is 25.9. The Morgan fingerprint density at radius 2 is 2.33 bits per heavy atom. The third-order valence-corrected chi connectivity index (χ3v) is 3.19. The predicted octanol–water partition coefficient (Wildman–Crippen LogP) is 2.24. The zero-order valence-corrected chi connectivity index (χ0v) is 9.15. The Labute approximate surface area is 89.3 Å². The predicted molar refractivity (Wildman–Crippen MR) is 57.2 cm³/mol. The monoisotopic (exact) mass is 209 g/mol. The molecule has 1 aliphatic heterocycles. The van der Waals surface area contributed by atoms with Gasteiger partial charge in [-0.2, -0.15) is 9.37 Å². The lowest BCUT2D eigenvalue weighted by molar-refractivity contribution is 0.494. The molecule has 15 heavy (non-hydrogen) atoms. The zero-order valence-electron chi connectivity index (χ0n) is 9.15. The molecule has 0 N–H and O–H groups in total. The Hall–Kier alpha value is -1.19. The molecule has 1 aliphatic rings. The lowest BCUT2D eigenvalue weighted by Gasteiger charge is -2.26. The number of rotatable bonds is 2. The molecule has 0 aromatic carbocycles. The average Bonchev–Trinajstić information content (AvgIpc) is 2.59. The van der Waals surface area contributed by atoms with Gasteiger partial charge in [0.15, 0.2) is 5.82 Å². The molecule has 2 atom stereocenters. The fourth-order valence-electron chi connectivity index (χ4n) is 2.39. The third-order valence-electron chi connectivity index (χ3n) is 3.19. The number of aromatic nitrogens is 2. The molecule has 2 rings (SSSR count). The van der Waals surface area contributed by atoms with Gasteiger partial charge < -0.3 is 4.90 Å². The lowest BCUT2D eigenvalue weighted by atomic mass is 10.0. The van der Waals surface area contributed by atoms with Gasteiger partial charge in [0.05, 0.1) is 12.4 Å². The first-order chi connectivity index (χ1) is 7.22. The molecule has 1 fully saturated rings. The van der Waals surface area contributed by atoms with E-state index in [0.29, 0.717) is 17.8 Å². The highest BCUT2D eigenvalue weighted by molar-refractivity contribution is 5.38. The molecule has 82 valence electrons. The highest BCUT2D eigenvalue weighted by Gasteiger charge is 2.30. The fraction of sp³-hybridized carbons (Fsp3) is 0.636. The van der Waals surface area contributed by atoms with Crippen LogP contribution in [0, 0.1) is 11.9 Å². The second-order valence-electron chi connectivity index (χ2n) is 4.13. The summed E-state index contributed by atoms with van der Waals surface area (Å²) in [6, 6.07) is 0.473. The van der Waals surface area contributed by atoms with Gasteiger partial charge in [-0.25, -0.2) is 0 Å². The molecule has 0 aliphatic carbocycles. The number of hydrogen-bond acceptors (Lipinski definition) is 3. The van der Waals surface area contributed by atoms with E-state index in [9.17, 15) is 4.39 Å². The van der Waals surface area contributed by atoms with Crippen molar-refractivity contribution in [2.45, 2.75) is 32.7 Å². The van der Waals surface area contributed by atoms with Gasteiger partial charge in [0.25, 0.3) is 0 Å². The summed E-state index contributed by atoms with van der Waals surface area (Å²) in [5.41, 5.74) is 0. The number of anilines is 1. The van der Waals surface area contributed by atoms with Crippen LogP contribution in [0.2, 0.25) is 0 Å². The molecule has 1 saturated heterocycles. The van der Waals surface area contributed by atoms with Crippen LogP contribution >= 0.6 is 0 Å². The van der Waals surface area contributed by atoms with Crippen LogP contribution in [-0.2, 0) is 0 Å². The Bertz CT molecular complexity index is 342. The molecule has 4 heteroatoms. The molecule has 2 unspecified atom stereocenters. The topological polar surface area (TPSA) is 29.0 Å². The van der Waals surface area contributed by atoms with E-state index in [1.807, 2.05) is 0 Å². The van der Waals surface area contributed by atoms with Crippen LogP contribution in [0.1, 0.15) is 26.7 Å². The fourth-order valence-corrected chi connectivity index (χ4v) is 2.39. The van der Waals surface area contributed by atoms with Crippen molar-refractivity contribution >= 4 is 5.82 Å². The maximum atomic E-state index is 12.9. The number of nitrogens with zero attached hydrogens (tertiary/aromatic N) is 3. The van der Waals surface area contributed by atoms with Crippen molar-refractivity contribution in [2.75, 3.05) is 11.4 Å². The summed E-state index contributed by atoms with van der Waals surface area (Å²) in [7, 11) is 0. The molecule has 0 radical (unpaired) electrons. The SMILES string of the molecule is CCC1C(C)CCN1c1cncc(F)n1. The highest BCUT2D eigenvalue weighted by atomic mass is 19.1. The van der Waals surface area contributed by atoms with Crippen LogP contribution in [0.15, 0.2) is 12.4 Å². The lowest BCUT2D eigenvalue weighted by Crippen LogP contribution is -2.32. The molecule has 0 saturated carbocycles. The smallest absolute Gasteiger partial charge is 0.233 e. The summed E-state index contributed by atoms with van der Waals surface area (Å²) in [5, 5.41) is 0. The van der Waals surface area contributed by atoms with Gasteiger partial charge in [-0.05, 0) is 18.8 Å². The molecular weight excluding hydrogens is 193 g/mol. The van der Waals surface area contributed by atoms with Crippen LogP contribution in [0.3, 0.4) is 0 Å². The van der Waals surface area contributed by atoms with Crippen molar-refractivity contribution in [3.05, 3.63) is 18.3 Å². The van der Waals surface area contributed by atoms with Crippen molar-refractivity contribution < 1.29 is 4.39 Å². The molecule has 1 aromatic heterocycles. The minimum absolute atomic E-state index is 0.473. The van der Waals surface area contributed by atoms with Crippen LogP contribution in [0.5, 0.6) is 0 Å². The second-order valence-corrected chi connectivity index (χ2v) is 4.13. The van der Waals surface area contributed by atoms with Crippen molar-refractivity contribution in [3.63, 3.8) is 0 Å². The second kappa shape index (κ2) is 4.13. The average molecular weight is 209 g/mol. The van der Waals surface area contributed by atoms with Crippen LogP contribution in [0.25, 0.3) is 0 Å². The van der Waals surface area contributed by atoms with Crippen molar-refractivity contribution in [3.8, 4) is 0 Å². The van der Waals surface area contributed by atoms with Gasteiger partial charge in [0.2, 0.25) is 5.95 Å². The van der Waals surface area contributed by atoms with E-state index < -0.39 is 5.95 Å². The summed E-state index contributed by atoms with van der Waals surface area (Å²) < 4.78 is 12.9. The summed E-state index contributed by atoms with van der Waals surface area (Å²) in [6.07, 6.45) is 5.00. The van der Waals surface area contributed by atoms with Gasteiger partial charge in [-0.3, -0.25) is 4.98 Å². The minimum Gasteiger partial charge on any atom is -0.352 e.